The van der Waals surface area contributed by atoms with Crippen LogP contribution in [0.25, 0.3) is 5.76 Å². The number of carbonyl (C=O) groups excluding carboxylic acids is 2. The molecule has 180 valence electrons. The van der Waals surface area contributed by atoms with Crippen molar-refractivity contribution in [1.82, 2.24) is 9.88 Å². The van der Waals surface area contributed by atoms with Crippen molar-refractivity contribution in [3.8, 4) is 17.2 Å². The van der Waals surface area contributed by atoms with Gasteiger partial charge in [-0.2, -0.15) is 0 Å². The summed E-state index contributed by atoms with van der Waals surface area (Å²) in [5, 5.41) is 11.1. The summed E-state index contributed by atoms with van der Waals surface area (Å²) in [7, 11) is 4.37. The summed E-state index contributed by atoms with van der Waals surface area (Å²) in [6.07, 6.45) is 3.16. The van der Waals surface area contributed by atoms with E-state index in [0.29, 0.717) is 22.8 Å². The monoisotopic (exact) mass is 478 g/mol. The number of Topliss-reactive ketones (excluding diaryl/α,β-unsaturated/α-hetero) is 1. The number of aliphatic hydroxyl groups is 1. The van der Waals surface area contributed by atoms with E-state index < -0.39 is 29.3 Å². The Morgan fingerprint density at radius 2 is 1.57 bits per heavy atom. The van der Waals surface area contributed by atoms with Gasteiger partial charge in [0.15, 0.2) is 11.5 Å². The lowest BCUT2D eigenvalue weighted by Crippen LogP contribution is -2.29. The molecule has 1 unspecified atom stereocenters. The fourth-order valence-electron chi connectivity index (χ4n) is 4.10. The van der Waals surface area contributed by atoms with Gasteiger partial charge in [-0.15, -0.1) is 0 Å². The van der Waals surface area contributed by atoms with Gasteiger partial charge in [-0.25, -0.2) is 4.39 Å². The number of methoxy groups -OCH3 is 3. The van der Waals surface area contributed by atoms with E-state index in [1.54, 1.807) is 36.7 Å². The molecule has 1 fully saturated rings. The highest BCUT2D eigenvalue weighted by Crippen LogP contribution is 2.46. The van der Waals surface area contributed by atoms with Crippen molar-refractivity contribution in [1.29, 1.82) is 0 Å². The summed E-state index contributed by atoms with van der Waals surface area (Å²) in [5.41, 5.74) is 1.26. The Balaban J connectivity index is 1.94. The number of aliphatic hydroxyl groups excluding tert-OH is 1. The van der Waals surface area contributed by atoms with Gasteiger partial charge in [0, 0.05) is 24.5 Å². The van der Waals surface area contributed by atoms with E-state index in [-0.39, 0.29) is 17.7 Å². The van der Waals surface area contributed by atoms with Gasteiger partial charge in [-0.3, -0.25) is 14.6 Å². The van der Waals surface area contributed by atoms with Crippen LogP contribution in [0.3, 0.4) is 0 Å². The molecule has 1 aliphatic heterocycles. The highest BCUT2D eigenvalue weighted by atomic mass is 19.1. The normalized spacial score (nSPS) is 16.9. The summed E-state index contributed by atoms with van der Waals surface area (Å²) in [6, 6.07) is 10.7. The smallest absolute Gasteiger partial charge is 0.295 e. The van der Waals surface area contributed by atoms with E-state index >= 15 is 0 Å². The molecule has 2 heterocycles. The Kier molecular flexibility index (Phi) is 6.68. The number of rotatable bonds is 7. The number of carbonyl (C=O) groups is 2. The Morgan fingerprint density at radius 1 is 0.971 bits per heavy atom. The van der Waals surface area contributed by atoms with Gasteiger partial charge < -0.3 is 24.2 Å². The van der Waals surface area contributed by atoms with E-state index in [0.717, 1.165) is 17.7 Å². The summed E-state index contributed by atoms with van der Waals surface area (Å²) in [6.45, 7) is 0.0780. The maximum Gasteiger partial charge on any atom is 0.295 e. The van der Waals surface area contributed by atoms with Crippen molar-refractivity contribution in [3.63, 3.8) is 0 Å². The van der Waals surface area contributed by atoms with Gasteiger partial charge >= 0.3 is 0 Å². The molecule has 0 bridgehead atoms. The molecule has 1 aromatic heterocycles. The molecule has 3 aromatic rings. The Bertz CT molecular complexity index is 1270. The molecule has 35 heavy (non-hydrogen) atoms. The molecule has 1 amide bonds. The van der Waals surface area contributed by atoms with Crippen molar-refractivity contribution >= 4 is 17.4 Å². The van der Waals surface area contributed by atoms with Crippen molar-refractivity contribution < 1.29 is 33.3 Å². The number of hydrogen-bond donors (Lipinski definition) is 1. The lowest BCUT2D eigenvalue weighted by atomic mass is 9.94. The summed E-state index contributed by atoms with van der Waals surface area (Å²) in [4.78, 5) is 31.8. The van der Waals surface area contributed by atoms with Crippen LogP contribution in [0, 0.1) is 5.82 Å². The molecule has 0 radical (unpaired) electrons. The van der Waals surface area contributed by atoms with Gasteiger partial charge in [-0.05, 0) is 59.7 Å². The Morgan fingerprint density at radius 3 is 2.11 bits per heavy atom. The molecule has 4 rings (SSSR count). The first-order valence-electron chi connectivity index (χ1n) is 10.6. The number of ketones is 1. The highest BCUT2D eigenvalue weighted by Gasteiger charge is 2.46. The minimum atomic E-state index is -0.984. The quantitative estimate of drug-likeness (QED) is 0.313. The average Bonchev–Trinajstić information content (AvgIpc) is 3.13. The molecule has 1 atom stereocenters. The van der Waals surface area contributed by atoms with Crippen LogP contribution in [0.2, 0.25) is 0 Å². The average molecular weight is 478 g/mol. The van der Waals surface area contributed by atoms with E-state index in [4.69, 9.17) is 14.2 Å². The Labute approximate surface area is 201 Å². The second-order valence-electron chi connectivity index (χ2n) is 7.75. The number of amides is 1. The van der Waals surface area contributed by atoms with Gasteiger partial charge in [0.2, 0.25) is 5.75 Å². The van der Waals surface area contributed by atoms with Gasteiger partial charge in [0.05, 0.1) is 32.9 Å². The SMILES string of the molecule is COc1cc(C2/C(=C(\O)c3ccc(F)cc3)C(=O)C(=O)N2Cc2ccncc2)cc(OC)c1OC. The molecular formula is C26H23FN2O6. The standard InChI is InChI=1S/C26H23FN2O6/c1-33-19-12-17(13-20(34-2)25(19)35-3)22-21(23(30)16-4-6-18(27)7-5-16)24(31)26(32)29(22)14-15-8-10-28-11-9-15/h4-13,22,30H,14H2,1-3H3/b23-21+. The molecule has 1 saturated heterocycles. The lowest BCUT2D eigenvalue weighted by Gasteiger charge is -2.26. The summed E-state index contributed by atoms with van der Waals surface area (Å²) in [5.74, 6) is -1.59. The number of hydrogen-bond acceptors (Lipinski definition) is 7. The fourth-order valence-corrected chi connectivity index (χ4v) is 4.10. The third kappa shape index (κ3) is 4.40. The topological polar surface area (TPSA) is 98.2 Å². The van der Waals surface area contributed by atoms with Crippen LogP contribution in [0.15, 0.2) is 66.5 Å². The zero-order chi connectivity index (χ0) is 25.1. The first-order valence-corrected chi connectivity index (χ1v) is 10.6. The zero-order valence-corrected chi connectivity index (χ0v) is 19.3. The zero-order valence-electron chi connectivity index (χ0n) is 19.3. The fraction of sp³-hybridized carbons (Fsp3) is 0.192. The molecule has 8 nitrogen and oxygen atoms in total. The number of pyridine rings is 1. The molecule has 1 aliphatic rings. The highest BCUT2D eigenvalue weighted by molar-refractivity contribution is 6.46. The van der Waals surface area contributed by atoms with Crippen molar-refractivity contribution in [2.75, 3.05) is 21.3 Å². The number of benzene rings is 2. The second kappa shape index (κ2) is 9.84. The van der Waals surface area contributed by atoms with E-state index in [2.05, 4.69) is 4.98 Å². The number of likely N-dealkylation sites (tertiary alicyclic amines) is 1. The van der Waals surface area contributed by atoms with E-state index in [1.165, 1.54) is 38.4 Å². The molecule has 0 aliphatic carbocycles. The van der Waals surface area contributed by atoms with E-state index in [1.807, 2.05) is 0 Å². The van der Waals surface area contributed by atoms with Crippen molar-refractivity contribution in [2.24, 2.45) is 0 Å². The second-order valence-corrected chi connectivity index (χ2v) is 7.75. The first kappa shape index (κ1) is 23.7. The van der Waals surface area contributed by atoms with Crippen LogP contribution in [0.4, 0.5) is 4.39 Å². The molecular weight excluding hydrogens is 455 g/mol. The van der Waals surface area contributed by atoms with Crippen LogP contribution in [-0.2, 0) is 16.1 Å². The molecule has 0 spiro atoms. The van der Waals surface area contributed by atoms with Crippen LogP contribution >= 0.6 is 0 Å². The number of aromatic nitrogens is 1. The predicted octanol–water partition coefficient (Wildman–Crippen LogP) is 3.87. The van der Waals surface area contributed by atoms with Gasteiger partial charge in [0.25, 0.3) is 11.7 Å². The van der Waals surface area contributed by atoms with Crippen molar-refractivity contribution in [3.05, 3.63) is 89.0 Å². The maximum atomic E-state index is 13.5. The minimum absolute atomic E-state index is 0.0780. The molecule has 0 saturated carbocycles. The van der Waals surface area contributed by atoms with Crippen LogP contribution in [-0.4, -0.2) is 48.0 Å². The number of ether oxygens (including phenoxy) is 3. The third-order valence-electron chi connectivity index (χ3n) is 5.76. The van der Waals surface area contributed by atoms with Crippen LogP contribution in [0.1, 0.15) is 22.7 Å². The predicted molar refractivity (Wildman–Crippen MR) is 125 cm³/mol. The van der Waals surface area contributed by atoms with Crippen molar-refractivity contribution in [2.45, 2.75) is 12.6 Å². The Hall–Kier alpha value is -4.40. The van der Waals surface area contributed by atoms with Gasteiger partial charge in [-0.1, -0.05) is 0 Å². The molecule has 9 heteroatoms. The largest absolute Gasteiger partial charge is 0.507 e. The first-order chi connectivity index (χ1) is 16.9. The van der Waals surface area contributed by atoms with Crippen LogP contribution < -0.4 is 14.2 Å². The van der Waals surface area contributed by atoms with Crippen LogP contribution in [0.5, 0.6) is 17.2 Å². The molecule has 2 aromatic carbocycles. The molecule has 1 N–H and O–H groups in total. The van der Waals surface area contributed by atoms with E-state index in [9.17, 15) is 19.1 Å². The third-order valence-corrected chi connectivity index (χ3v) is 5.76. The minimum Gasteiger partial charge on any atom is -0.507 e. The van der Waals surface area contributed by atoms with Gasteiger partial charge in [0.1, 0.15) is 11.6 Å². The number of nitrogens with zero attached hydrogens (tertiary/aromatic N) is 2. The summed E-state index contributed by atoms with van der Waals surface area (Å²) >= 11 is 0. The summed E-state index contributed by atoms with van der Waals surface area (Å²) < 4.78 is 29.8. The maximum absolute atomic E-state index is 13.5. The lowest BCUT2D eigenvalue weighted by molar-refractivity contribution is -0.140. The number of halogens is 1.